The highest BCUT2D eigenvalue weighted by Crippen LogP contribution is 2.35. The van der Waals surface area contributed by atoms with Crippen LogP contribution >= 0.6 is 11.6 Å². The van der Waals surface area contributed by atoms with Crippen molar-refractivity contribution in [3.8, 4) is 0 Å². The summed E-state index contributed by atoms with van der Waals surface area (Å²) in [5.41, 5.74) is 3.59. The average Bonchev–Trinajstić information content (AvgIpc) is 3.44. The summed E-state index contributed by atoms with van der Waals surface area (Å²) < 4.78 is 79.2. The lowest BCUT2D eigenvalue weighted by Crippen LogP contribution is -2.23. The number of rotatable bonds is 17. The first-order valence-corrected chi connectivity index (χ1v) is 18.8. The van der Waals surface area contributed by atoms with Crippen molar-refractivity contribution >= 4 is 28.2 Å². The highest BCUT2D eigenvalue weighted by Gasteiger charge is 2.38. The third-order valence-electron chi connectivity index (χ3n) is 7.83. The molecule has 1 heterocycles. The molecule has 0 aliphatic rings. The standard InChI is InChI=1S/C25H34ClN.C11H13F6N.C6H14O/c1-6-9-11-20(14-13-18(4)8-3)19(5)25-22(12-10-7-2)23-17-21(26)15-16-24(23)27-25;1-4-5-8(3)18-9(11(15,16)17)6-7(2)10(12,13)14;1-3-5-7-6-4-2/h11,13-17,19,27H,4,6-10,12H2,1-3,5H3;5-6H,4H2,1-3H3;3-6H2,1-2H3/b14-13-,20-11+;7-6+,8-5+,18-9-;. The highest BCUT2D eigenvalue weighted by molar-refractivity contribution is 6.31. The molecule has 3 nitrogen and oxygen atoms in total. The molecule has 0 amide bonds. The van der Waals surface area contributed by atoms with Gasteiger partial charge in [-0.15, -0.1) is 0 Å². The third kappa shape index (κ3) is 19.2. The first kappa shape index (κ1) is 49.0. The molecule has 0 fully saturated rings. The number of alkyl halides is 6. The van der Waals surface area contributed by atoms with Crippen LogP contribution in [0.15, 0.2) is 82.6 Å². The van der Waals surface area contributed by atoms with Crippen LogP contribution in [0.5, 0.6) is 0 Å². The number of unbranched alkanes of at least 4 members (excludes halogenated alkanes) is 2. The molecule has 0 aliphatic heterocycles. The van der Waals surface area contributed by atoms with Crippen LogP contribution in [-0.4, -0.2) is 36.3 Å². The summed E-state index contributed by atoms with van der Waals surface area (Å²) in [5.74, 6) is 0.315. The van der Waals surface area contributed by atoms with E-state index in [1.165, 1.54) is 59.1 Å². The summed E-state index contributed by atoms with van der Waals surface area (Å²) >= 11 is 6.30. The number of aromatic nitrogens is 1. The molecule has 1 N–H and O–H groups in total. The Bertz CT molecular complexity index is 1490. The number of aryl methyl sites for hydroxylation is 1. The van der Waals surface area contributed by atoms with Crippen molar-refractivity contribution < 1.29 is 31.1 Å². The number of nitrogens with zero attached hydrogens (tertiary/aromatic N) is 1. The van der Waals surface area contributed by atoms with Gasteiger partial charge in [0.15, 0.2) is 0 Å². The number of hydrogen-bond acceptors (Lipinski definition) is 2. The van der Waals surface area contributed by atoms with E-state index < -0.39 is 23.6 Å². The molecule has 1 aromatic carbocycles. The van der Waals surface area contributed by atoms with E-state index in [-0.39, 0.29) is 11.8 Å². The number of aliphatic imine (C=N–C) groups is 1. The van der Waals surface area contributed by atoms with E-state index in [0.717, 1.165) is 56.8 Å². The predicted octanol–water partition coefficient (Wildman–Crippen LogP) is 15.2. The number of benzene rings is 1. The van der Waals surface area contributed by atoms with Gasteiger partial charge in [-0.25, -0.2) is 4.99 Å². The van der Waals surface area contributed by atoms with Gasteiger partial charge in [0.25, 0.3) is 0 Å². The molecule has 0 saturated heterocycles. The van der Waals surface area contributed by atoms with Crippen molar-refractivity contribution in [1.29, 1.82) is 0 Å². The molecule has 1 atom stereocenters. The number of fused-ring (bicyclic) bond motifs is 1. The first-order valence-electron chi connectivity index (χ1n) is 18.4. The Morgan fingerprint density at radius 3 is 2.04 bits per heavy atom. The van der Waals surface area contributed by atoms with Gasteiger partial charge in [0, 0.05) is 52.0 Å². The van der Waals surface area contributed by atoms with Gasteiger partial charge in [0.1, 0.15) is 5.71 Å². The molecule has 1 unspecified atom stereocenters. The molecule has 1 aromatic heterocycles. The Hall–Kier alpha value is -3.04. The number of H-pyrrole nitrogens is 1. The van der Waals surface area contributed by atoms with Crippen LogP contribution in [-0.2, 0) is 11.2 Å². The Balaban J connectivity index is 0.000000894. The van der Waals surface area contributed by atoms with Gasteiger partial charge in [-0.1, -0.05) is 109 Å². The van der Waals surface area contributed by atoms with Crippen molar-refractivity contribution in [2.75, 3.05) is 13.2 Å². The minimum Gasteiger partial charge on any atom is -0.381 e. The zero-order valence-electron chi connectivity index (χ0n) is 32.7. The first-order chi connectivity index (χ1) is 24.4. The fourth-order valence-corrected chi connectivity index (χ4v) is 4.99. The lowest BCUT2D eigenvalue weighted by molar-refractivity contribution is -0.0915. The van der Waals surface area contributed by atoms with Gasteiger partial charge in [0.2, 0.25) is 0 Å². The largest absolute Gasteiger partial charge is 0.433 e. The lowest BCUT2D eigenvalue weighted by atomic mass is 9.90. The van der Waals surface area contributed by atoms with Gasteiger partial charge < -0.3 is 9.72 Å². The van der Waals surface area contributed by atoms with E-state index in [0.29, 0.717) is 19.3 Å². The van der Waals surface area contributed by atoms with E-state index >= 15 is 0 Å². The van der Waals surface area contributed by atoms with E-state index in [1.54, 1.807) is 6.92 Å². The number of ether oxygens (including phenoxy) is 1. The number of hydrogen-bond donors (Lipinski definition) is 1. The van der Waals surface area contributed by atoms with Crippen LogP contribution in [0.2, 0.25) is 5.02 Å². The second kappa shape index (κ2) is 25.9. The summed E-state index contributed by atoms with van der Waals surface area (Å²) in [5, 5.41) is 2.08. The van der Waals surface area contributed by atoms with Crippen LogP contribution in [0.25, 0.3) is 10.9 Å². The molecule has 52 heavy (non-hydrogen) atoms. The van der Waals surface area contributed by atoms with E-state index in [4.69, 9.17) is 16.3 Å². The van der Waals surface area contributed by atoms with E-state index in [1.807, 2.05) is 6.07 Å². The van der Waals surface area contributed by atoms with Crippen LogP contribution < -0.4 is 0 Å². The second-order valence-electron chi connectivity index (χ2n) is 12.6. The maximum atomic E-state index is 12.5. The molecule has 10 heteroatoms. The molecule has 2 aromatic rings. The average molecular weight is 759 g/mol. The van der Waals surface area contributed by atoms with Gasteiger partial charge in [-0.3, -0.25) is 0 Å². The molecule has 0 spiro atoms. The quantitative estimate of drug-likeness (QED) is 0.0742. The molecule has 0 aliphatic carbocycles. The maximum Gasteiger partial charge on any atom is 0.433 e. The van der Waals surface area contributed by atoms with Crippen LogP contribution in [0.1, 0.15) is 131 Å². The van der Waals surface area contributed by atoms with Crippen molar-refractivity contribution in [1.82, 2.24) is 4.98 Å². The van der Waals surface area contributed by atoms with Crippen LogP contribution in [0, 0.1) is 0 Å². The summed E-state index contributed by atoms with van der Waals surface area (Å²) in [4.78, 5) is 6.87. The van der Waals surface area contributed by atoms with Crippen LogP contribution in [0.3, 0.4) is 0 Å². The highest BCUT2D eigenvalue weighted by atomic mass is 35.5. The van der Waals surface area contributed by atoms with Gasteiger partial charge >= 0.3 is 12.4 Å². The maximum absolute atomic E-state index is 12.5. The predicted molar refractivity (Wildman–Crippen MR) is 211 cm³/mol. The van der Waals surface area contributed by atoms with Crippen LogP contribution in [0.4, 0.5) is 26.3 Å². The minimum atomic E-state index is -4.92. The molecule has 294 valence electrons. The fraction of sp³-hybridized carbons (Fsp3) is 0.548. The molecule has 2 rings (SSSR count). The van der Waals surface area contributed by atoms with Crippen molar-refractivity contribution in [3.63, 3.8) is 0 Å². The van der Waals surface area contributed by atoms with Gasteiger partial charge in [-0.2, -0.15) is 26.3 Å². The Morgan fingerprint density at radius 2 is 1.54 bits per heavy atom. The third-order valence-corrected chi connectivity index (χ3v) is 8.07. The summed E-state index contributed by atoms with van der Waals surface area (Å²) in [6.45, 7) is 22.7. The van der Waals surface area contributed by atoms with Crippen molar-refractivity contribution in [3.05, 3.63) is 93.9 Å². The second-order valence-corrected chi connectivity index (χ2v) is 13.0. The van der Waals surface area contributed by atoms with E-state index in [2.05, 4.69) is 88.5 Å². The fourth-order valence-electron chi connectivity index (χ4n) is 4.82. The Morgan fingerprint density at radius 1 is 0.904 bits per heavy atom. The molecular weight excluding hydrogens is 698 g/mol. The van der Waals surface area contributed by atoms with E-state index in [9.17, 15) is 26.3 Å². The van der Waals surface area contributed by atoms with Gasteiger partial charge in [-0.05, 0) is 94.2 Å². The number of nitrogens with one attached hydrogen (secondary N) is 1. The molecule has 0 radical (unpaired) electrons. The summed E-state index contributed by atoms with van der Waals surface area (Å²) in [7, 11) is 0. The monoisotopic (exact) mass is 758 g/mol. The van der Waals surface area contributed by atoms with Crippen molar-refractivity contribution in [2.45, 2.75) is 138 Å². The Kier molecular flexibility index (Phi) is 24.3. The lowest BCUT2D eigenvalue weighted by Gasteiger charge is -2.15. The summed E-state index contributed by atoms with van der Waals surface area (Å²) in [6.07, 6.45) is 7.92. The smallest absolute Gasteiger partial charge is 0.381 e. The Labute approximate surface area is 314 Å². The zero-order chi connectivity index (χ0) is 39.9. The minimum absolute atomic E-state index is 0.00694. The number of halogens is 7. The topological polar surface area (TPSA) is 37.4 Å². The van der Waals surface area contributed by atoms with Crippen molar-refractivity contribution in [2.24, 2.45) is 4.99 Å². The number of aromatic amines is 1. The zero-order valence-corrected chi connectivity index (χ0v) is 33.4. The molecular formula is C42H61ClF6N2O. The number of allylic oxidation sites excluding steroid dienone is 9. The van der Waals surface area contributed by atoms with Gasteiger partial charge in [0.05, 0.1) is 0 Å². The molecule has 0 bridgehead atoms. The normalized spacial score (nSPS) is 13.9. The summed E-state index contributed by atoms with van der Waals surface area (Å²) in [6, 6.07) is 6.18. The SMILES string of the molecule is C=C(/C=C\C(=C/CCC)C(C)c1[nH]c2ccc(Cl)cc2c1CCCC)CC.CC/C=C(C)/N=C(/C=C(\C)C(F)(F)F)C(F)(F)F.CCCOCCC. The molecule has 0 saturated carbocycles.